The van der Waals surface area contributed by atoms with Crippen LogP contribution in [0.2, 0.25) is 0 Å². The van der Waals surface area contributed by atoms with Gasteiger partial charge in [0, 0.05) is 43.7 Å². The van der Waals surface area contributed by atoms with Gasteiger partial charge in [-0.25, -0.2) is 13.2 Å². The van der Waals surface area contributed by atoms with Gasteiger partial charge in [-0.05, 0) is 73.2 Å². The summed E-state index contributed by atoms with van der Waals surface area (Å²) in [6.07, 6.45) is 0.479. The van der Waals surface area contributed by atoms with Crippen LogP contribution < -0.4 is 9.21 Å². The Hall–Kier alpha value is -4.61. The second-order valence-corrected chi connectivity index (χ2v) is 13.8. The molecule has 3 aromatic carbocycles. The molecule has 5 aromatic rings. The van der Waals surface area contributed by atoms with Crippen LogP contribution in [0.25, 0.3) is 11.0 Å². The van der Waals surface area contributed by atoms with E-state index in [4.69, 9.17) is 4.42 Å². The van der Waals surface area contributed by atoms with E-state index in [9.17, 15) is 23.1 Å². The fraction of sp³-hybridized carbons (Fsp3) is 0.235. The maximum absolute atomic E-state index is 14.5. The number of anilines is 2. The third kappa shape index (κ3) is 5.93. The predicted molar refractivity (Wildman–Crippen MR) is 176 cm³/mol. The Kier molecular flexibility index (Phi) is 8.39. The molecule has 1 amide bonds. The molecule has 9 nitrogen and oxygen atoms in total. The van der Waals surface area contributed by atoms with Crippen molar-refractivity contribution in [3.63, 3.8) is 0 Å². The van der Waals surface area contributed by atoms with Gasteiger partial charge in [0.1, 0.15) is 5.58 Å². The largest absolute Gasteiger partial charge is 0.475 e. The van der Waals surface area contributed by atoms with Gasteiger partial charge in [0.25, 0.3) is 15.9 Å². The number of thiophene rings is 1. The minimum absolute atomic E-state index is 0.0264. The third-order valence-electron chi connectivity index (χ3n) is 8.25. The summed E-state index contributed by atoms with van der Waals surface area (Å²) in [5.74, 6) is -1.39. The van der Waals surface area contributed by atoms with Gasteiger partial charge in [-0.15, -0.1) is 11.3 Å². The lowest BCUT2D eigenvalue weighted by Gasteiger charge is -2.38. The van der Waals surface area contributed by atoms with Crippen molar-refractivity contribution < 1.29 is 27.5 Å². The second-order valence-electron chi connectivity index (χ2n) is 11.0. The van der Waals surface area contributed by atoms with Crippen LogP contribution in [0.1, 0.15) is 36.9 Å². The maximum atomic E-state index is 14.5. The summed E-state index contributed by atoms with van der Waals surface area (Å²) in [5.41, 5.74) is 3.96. The number of furan rings is 1. The first-order chi connectivity index (χ1) is 21.6. The van der Waals surface area contributed by atoms with E-state index >= 15 is 0 Å². The number of rotatable bonds is 9. The summed E-state index contributed by atoms with van der Waals surface area (Å²) in [6, 6.07) is 23.6. The van der Waals surface area contributed by atoms with Crippen molar-refractivity contribution in [3.05, 3.63) is 112 Å². The highest BCUT2D eigenvalue weighted by atomic mass is 32.2. The topological polar surface area (TPSA) is 111 Å². The van der Waals surface area contributed by atoms with Crippen LogP contribution in [0.3, 0.4) is 0 Å². The number of hydrogen-bond acceptors (Lipinski definition) is 7. The Morgan fingerprint density at radius 1 is 0.933 bits per heavy atom. The van der Waals surface area contributed by atoms with E-state index in [1.54, 1.807) is 6.92 Å². The molecule has 232 valence electrons. The average molecular weight is 644 g/mol. The lowest BCUT2D eigenvalue weighted by molar-refractivity contribution is 0.0663. The minimum atomic E-state index is -4.11. The number of hydrogen-bond donors (Lipinski definition) is 1. The molecule has 0 spiro atoms. The number of aryl methyl sites for hydroxylation is 2. The fourth-order valence-electron chi connectivity index (χ4n) is 5.77. The van der Waals surface area contributed by atoms with E-state index in [2.05, 4.69) is 4.90 Å². The van der Waals surface area contributed by atoms with E-state index in [1.165, 1.54) is 33.8 Å². The molecular formula is C34H33N3O6S2. The van der Waals surface area contributed by atoms with Crippen LogP contribution in [-0.4, -0.2) is 63.0 Å². The van der Waals surface area contributed by atoms with Crippen molar-refractivity contribution in [1.29, 1.82) is 0 Å². The predicted octanol–water partition coefficient (Wildman–Crippen LogP) is 6.21. The highest BCUT2D eigenvalue weighted by molar-refractivity contribution is 7.92. The molecule has 0 bridgehead atoms. The van der Waals surface area contributed by atoms with Crippen molar-refractivity contribution >= 4 is 55.6 Å². The SMILES string of the molecule is Cc1ccsc1C(=O)N1CCN(c2ccccc2N(CCc2ccccc2)S(=O)(=O)c2ccc3oc(C(=O)O)c(C)c3c2)CC1. The molecule has 1 fully saturated rings. The van der Waals surface area contributed by atoms with E-state index in [-0.39, 0.29) is 23.1 Å². The molecule has 1 saturated heterocycles. The molecule has 0 unspecified atom stereocenters. The van der Waals surface area contributed by atoms with Gasteiger partial charge in [-0.3, -0.25) is 9.10 Å². The Labute approximate surface area is 266 Å². The number of carboxylic acid groups (broad SMARTS) is 1. The number of amides is 1. The zero-order valence-electron chi connectivity index (χ0n) is 25.0. The molecule has 0 atom stereocenters. The van der Waals surface area contributed by atoms with Crippen LogP contribution in [0.15, 0.2) is 93.6 Å². The monoisotopic (exact) mass is 643 g/mol. The number of nitrogens with zero attached hydrogens (tertiary/aromatic N) is 3. The van der Waals surface area contributed by atoms with Crippen LogP contribution in [0, 0.1) is 13.8 Å². The van der Waals surface area contributed by atoms with E-state index in [0.717, 1.165) is 21.7 Å². The van der Waals surface area contributed by atoms with Crippen LogP contribution >= 0.6 is 11.3 Å². The van der Waals surface area contributed by atoms with Crippen LogP contribution in [-0.2, 0) is 16.4 Å². The molecule has 3 heterocycles. The van der Waals surface area contributed by atoms with Crippen molar-refractivity contribution in [2.75, 3.05) is 41.9 Å². The molecule has 1 aliphatic rings. The lowest BCUT2D eigenvalue weighted by Crippen LogP contribution is -2.49. The van der Waals surface area contributed by atoms with Crippen LogP contribution in [0.5, 0.6) is 0 Å². The first-order valence-electron chi connectivity index (χ1n) is 14.7. The molecule has 0 saturated carbocycles. The second kappa shape index (κ2) is 12.4. The first-order valence-corrected chi connectivity index (χ1v) is 17.0. The highest BCUT2D eigenvalue weighted by Crippen LogP contribution is 2.36. The molecule has 0 aliphatic carbocycles. The van der Waals surface area contributed by atoms with Gasteiger partial charge >= 0.3 is 5.97 Å². The van der Waals surface area contributed by atoms with E-state index < -0.39 is 16.0 Å². The zero-order chi connectivity index (χ0) is 31.7. The smallest absolute Gasteiger partial charge is 0.372 e. The molecule has 0 radical (unpaired) electrons. The summed E-state index contributed by atoms with van der Waals surface area (Å²) in [4.78, 5) is 29.6. The van der Waals surface area contributed by atoms with Crippen molar-refractivity contribution in [2.45, 2.75) is 25.2 Å². The van der Waals surface area contributed by atoms with Crippen molar-refractivity contribution in [3.8, 4) is 0 Å². The zero-order valence-corrected chi connectivity index (χ0v) is 26.6. The van der Waals surface area contributed by atoms with Gasteiger partial charge in [0.15, 0.2) is 0 Å². The number of carbonyl (C=O) groups is 2. The summed E-state index contributed by atoms with van der Waals surface area (Å²) < 4.78 is 35.9. The Morgan fingerprint density at radius 2 is 1.64 bits per heavy atom. The third-order valence-corrected chi connectivity index (χ3v) is 11.1. The number of piperazine rings is 1. The van der Waals surface area contributed by atoms with Crippen LogP contribution in [0.4, 0.5) is 11.4 Å². The first kappa shape index (κ1) is 30.4. The molecule has 1 aliphatic heterocycles. The minimum Gasteiger partial charge on any atom is -0.475 e. The van der Waals surface area contributed by atoms with Gasteiger partial charge in [-0.2, -0.15) is 0 Å². The van der Waals surface area contributed by atoms with Crippen molar-refractivity contribution in [2.24, 2.45) is 0 Å². The van der Waals surface area contributed by atoms with Gasteiger partial charge in [0.2, 0.25) is 5.76 Å². The fourth-order valence-corrected chi connectivity index (χ4v) is 8.16. The van der Waals surface area contributed by atoms with Gasteiger partial charge in [0.05, 0.1) is 21.1 Å². The van der Waals surface area contributed by atoms with E-state index in [1.807, 2.05) is 77.9 Å². The lowest BCUT2D eigenvalue weighted by atomic mass is 10.1. The number of benzene rings is 3. The van der Waals surface area contributed by atoms with Gasteiger partial charge < -0.3 is 19.3 Å². The summed E-state index contributed by atoms with van der Waals surface area (Å²) in [5, 5.41) is 11.9. The Bertz CT molecular complexity index is 1980. The van der Waals surface area contributed by atoms with Crippen molar-refractivity contribution in [1.82, 2.24) is 4.90 Å². The molecule has 1 N–H and O–H groups in total. The molecule has 45 heavy (non-hydrogen) atoms. The summed E-state index contributed by atoms with van der Waals surface area (Å²) >= 11 is 1.45. The molecular weight excluding hydrogens is 611 g/mol. The number of aromatic carboxylic acids is 1. The number of fused-ring (bicyclic) bond motifs is 1. The van der Waals surface area contributed by atoms with Gasteiger partial charge in [-0.1, -0.05) is 42.5 Å². The molecule has 2 aromatic heterocycles. The summed E-state index contributed by atoms with van der Waals surface area (Å²) in [7, 11) is -4.11. The summed E-state index contributed by atoms with van der Waals surface area (Å²) in [6.45, 7) is 5.88. The number of para-hydroxylation sites is 2. The quantitative estimate of drug-likeness (QED) is 0.203. The highest BCUT2D eigenvalue weighted by Gasteiger charge is 2.31. The number of carbonyl (C=O) groups excluding carboxylic acids is 1. The number of carboxylic acids is 1. The normalized spacial score (nSPS) is 13.7. The number of sulfonamides is 1. The standard InChI is InChI=1S/C34H33N3O6S2/c1-23-15-21-44-32(23)33(38)36-19-17-35(18-20-36)28-10-6-7-11-29(28)37(16-14-25-8-4-3-5-9-25)45(41,42)26-12-13-30-27(22-26)24(2)31(43-30)34(39)40/h3-13,15,21-22H,14,16-20H2,1-2H3,(H,39,40). The molecule has 11 heteroatoms. The average Bonchev–Trinajstić information content (AvgIpc) is 3.64. The molecule has 6 rings (SSSR count). The Balaban J connectivity index is 1.34. The maximum Gasteiger partial charge on any atom is 0.372 e. The van der Waals surface area contributed by atoms with E-state index in [0.29, 0.717) is 54.8 Å². The Morgan fingerprint density at radius 3 is 2.33 bits per heavy atom.